The Hall–Kier alpha value is -1.88. The fourth-order valence-corrected chi connectivity index (χ4v) is 4.73. The number of ether oxygens (including phenoxy) is 1. The molecule has 0 radical (unpaired) electrons. The molecule has 2 saturated heterocycles. The predicted octanol–water partition coefficient (Wildman–Crippen LogP) is 2.39. The van der Waals surface area contributed by atoms with E-state index in [1.54, 1.807) is 4.90 Å². The van der Waals surface area contributed by atoms with Crippen LogP contribution in [0.2, 0.25) is 0 Å². The van der Waals surface area contributed by atoms with E-state index in [1.165, 1.54) is 5.56 Å². The quantitative estimate of drug-likeness (QED) is 0.765. The van der Waals surface area contributed by atoms with Crippen LogP contribution in [0.4, 0.5) is 0 Å². The van der Waals surface area contributed by atoms with Crippen molar-refractivity contribution in [2.45, 2.75) is 56.6 Å². The largest absolute Gasteiger partial charge is 0.371 e. The molecular formula is C21H28N2O3. The van der Waals surface area contributed by atoms with E-state index >= 15 is 0 Å². The van der Waals surface area contributed by atoms with Gasteiger partial charge >= 0.3 is 11.8 Å². The first kappa shape index (κ1) is 17.5. The van der Waals surface area contributed by atoms with Gasteiger partial charge in [0, 0.05) is 18.6 Å². The van der Waals surface area contributed by atoms with E-state index in [9.17, 15) is 9.59 Å². The molecule has 5 heteroatoms. The van der Waals surface area contributed by atoms with Gasteiger partial charge < -0.3 is 14.5 Å². The van der Waals surface area contributed by atoms with Crippen molar-refractivity contribution in [2.75, 3.05) is 26.2 Å². The van der Waals surface area contributed by atoms with Crippen molar-refractivity contribution in [1.82, 2.24) is 9.80 Å². The van der Waals surface area contributed by atoms with Crippen molar-refractivity contribution >= 4 is 11.8 Å². The average Bonchev–Trinajstić information content (AvgIpc) is 3.01. The molecule has 140 valence electrons. The molecule has 1 aromatic carbocycles. The van der Waals surface area contributed by atoms with Gasteiger partial charge in [0.25, 0.3) is 0 Å². The van der Waals surface area contributed by atoms with Crippen LogP contribution in [-0.4, -0.2) is 59.0 Å². The molecular weight excluding hydrogens is 328 g/mol. The van der Waals surface area contributed by atoms with Crippen LogP contribution in [0, 0.1) is 0 Å². The van der Waals surface area contributed by atoms with Crippen molar-refractivity contribution < 1.29 is 14.3 Å². The maximum absolute atomic E-state index is 13.1. The average molecular weight is 356 g/mol. The lowest BCUT2D eigenvalue weighted by Crippen LogP contribution is -2.60. The summed E-state index contributed by atoms with van der Waals surface area (Å²) < 4.78 is 5.89. The molecule has 2 amide bonds. The standard InChI is InChI=1S/C21H28N2O3/c1-20(15-17-7-3-2-4-8-17)9-6-12-23(20)19(25)18(24)22-13-14-26-21(16-22)10-5-11-21/h2-4,7-8H,5-6,9-16H2,1H3. The molecule has 0 aromatic heterocycles. The summed E-state index contributed by atoms with van der Waals surface area (Å²) in [5, 5.41) is 0. The molecule has 1 unspecified atom stereocenters. The summed E-state index contributed by atoms with van der Waals surface area (Å²) in [4.78, 5) is 29.5. The summed E-state index contributed by atoms with van der Waals surface area (Å²) in [7, 11) is 0. The minimum atomic E-state index is -0.347. The normalized spacial score (nSPS) is 27.4. The minimum absolute atomic E-state index is 0.174. The molecule has 4 rings (SSSR count). The van der Waals surface area contributed by atoms with E-state index in [0.717, 1.165) is 38.5 Å². The molecule has 5 nitrogen and oxygen atoms in total. The van der Waals surface area contributed by atoms with Crippen LogP contribution in [0.3, 0.4) is 0 Å². The smallest absolute Gasteiger partial charge is 0.312 e. The molecule has 1 saturated carbocycles. The zero-order valence-corrected chi connectivity index (χ0v) is 15.6. The number of hydrogen-bond donors (Lipinski definition) is 0. The van der Waals surface area contributed by atoms with E-state index in [-0.39, 0.29) is 23.0 Å². The van der Waals surface area contributed by atoms with E-state index in [2.05, 4.69) is 19.1 Å². The molecule has 26 heavy (non-hydrogen) atoms. The molecule has 3 aliphatic rings. The van der Waals surface area contributed by atoms with Crippen LogP contribution in [0.15, 0.2) is 30.3 Å². The van der Waals surface area contributed by atoms with Crippen LogP contribution in [-0.2, 0) is 20.7 Å². The molecule has 1 spiro atoms. The summed E-state index contributed by atoms with van der Waals surface area (Å²) in [5.74, 6) is -0.682. The minimum Gasteiger partial charge on any atom is -0.371 e. The second kappa shape index (κ2) is 6.69. The van der Waals surface area contributed by atoms with Crippen molar-refractivity contribution in [3.8, 4) is 0 Å². The Morgan fingerprint density at radius 2 is 1.81 bits per heavy atom. The summed E-state index contributed by atoms with van der Waals surface area (Å²) in [5.41, 5.74) is 0.753. The van der Waals surface area contributed by atoms with Crippen LogP contribution >= 0.6 is 0 Å². The third-order valence-electron chi connectivity index (χ3n) is 6.41. The first-order valence-electron chi connectivity index (χ1n) is 9.80. The third kappa shape index (κ3) is 3.13. The van der Waals surface area contributed by atoms with Crippen LogP contribution < -0.4 is 0 Å². The number of nitrogens with zero attached hydrogens (tertiary/aromatic N) is 2. The van der Waals surface area contributed by atoms with Crippen molar-refractivity contribution in [2.24, 2.45) is 0 Å². The van der Waals surface area contributed by atoms with Gasteiger partial charge in [-0.1, -0.05) is 30.3 Å². The van der Waals surface area contributed by atoms with Gasteiger partial charge in [-0.2, -0.15) is 0 Å². The number of hydrogen-bond acceptors (Lipinski definition) is 3. The lowest BCUT2D eigenvalue weighted by Gasteiger charge is -2.48. The Kier molecular flexibility index (Phi) is 4.51. The highest BCUT2D eigenvalue weighted by Gasteiger charge is 2.47. The summed E-state index contributed by atoms with van der Waals surface area (Å²) in [6.45, 7) is 4.42. The monoisotopic (exact) mass is 356 g/mol. The number of carbonyl (C=O) groups excluding carboxylic acids is 2. The Morgan fingerprint density at radius 3 is 2.50 bits per heavy atom. The maximum atomic E-state index is 13.1. The first-order chi connectivity index (χ1) is 12.5. The number of rotatable bonds is 2. The second-order valence-corrected chi connectivity index (χ2v) is 8.33. The predicted molar refractivity (Wildman–Crippen MR) is 98.6 cm³/mol. The summed E-state index contributed by atoms with van der Waals surface area (Å²) in [6, 6.07) is 10.2. The van der Waals surface area contributed by atoms with Gasteiger partial charge in [0.2, 0.25) is 0 Å². The van der Waals surface area contributed by atoms with Gasteiger partial charge in [-0.15, -0.1) is 0 Å². The summed E-state index contributed by atoms with van der Waals surface area (Å²) in [6.07, 6.45) is 5.83. The highest BCUT2D eigenvalue weighted by Crippen LogP contribution is 2.38. The molecule has 3 fully saturated rings. The van der Waals surface area contributed by atoms with Gasteiger partial charge in [0.15, 0.2) is 0 Å². The van der Waals surface area contributed by atoms with Gasteiger partial charge in [-0.25, -0.2) is 0 Å². The molecule has 1 aromatic rings. The number of amides is 2. The Balaban J connectivity index is 1.46. The van der Waals surface area contributed by atoms with Crippen molar-refractivity contribution in [1.29, 1.82) is 0 Å². The molecule has 2 aliphatic heterocycles. The number of carbonyl (C=O) groups is 2. The highest BCUT2D eigenvalue weighted by atomic mass is 16.5. The van der Waals surface area contributed by atoms with Gasteiger partial charge in [-0.3, -0.25) is 9.59 Å². The SMILES string of the molecule is CC1(Cc2ccccc2)CCCN1C(=O)C(=O)N1CCOC2(CCC2)C1. The first-order valence-corrected chi connectivity index (χ1v) is 9.80. The molecule has 1 atom stereocenters. The van der Waals surface area contributed by atoms with Crippen LogP contribution in [0.5, 0.6) is 0 Å². The Labute approximate surface area is 155 Å². The van der Waals surface area contributed by atoms with Crippen LogP contribution in [0.1, 0.15) is 44.6 Å². The Bertz CT molecular complexity index is 686. The fourth-order valence-electron chi connectivity index (χ4n) is 4.73. The van der Waals surface area contributed by atoms with Gasteiger partial charge in [-0.05, 0) is 51.0 Å². The number of benzene rings is 1. The third-order valence-corrected chi connectivity index (χ3v) is 6.41. The zero-order valence-electron chi connectivity index (χ0n) is 15.6. The fraction of sp³-hybridized carbons (Fsp3) is 0.619. The van der Waals surface area contributed by atoms with E-state index in [4.69, 9.17) is 4.74 Å². The zero-order chi connectivity index (χ0) is 18.2. The van der Waals surface area contributed by atoms with Crippen LogP contribution in [0.25, 0.3) is 0 Å². The second-order valence-electron chi connectivity index (χ2n) is 8.33. The lowest BCUT2D eigenvalue weighted by atomic mass is 9.79. The number of likely N-dealkylation sites (tertiary alicyclic amines) is 1. The van der Waals surface area contributed by atoms with Crippen molar-refractivity contribution in [3.05, 3.63) is 35.9 Å². The highest BCUT2D eigenvalue weighted by molar-refractivity contribution is 6.35. The topological polar surface area (TPSA) is 49.9 Å². The van der Waals surface area contributed by atoms with E-state index in [1.807, 2.05) is 23.1 Å². The lowest BCUT2D eigenvalue weighted by molar-refractivity contribution is -0.174. The summed E-state index contributed by atoms with van der Waals surface area (Å²) >= 11 is 0. The molecule has 2 heterocycles. The van der Waals surface area contributed by atoms with Gasteiger partial charge in [0.05, 0.1) is 18.8 Å². The van der Waals surface area contributed by atoms with E-state index in [0.29, 0.717) is 26.2 Å². The molecule has 0 bridgehead atoms. The van der Waals surface area contributed by atoms with E-state index < -0.39 is 0 Å². The Morgan fingerprint density at radius 1 is 1.04 bits per heavy atom. The molecule has 1 aliphatic carbocycles. The number of morpholine rings is 1. The van der Waals surface area contributed by atoms with Crippen molar-refractivity contribution in [3.63, 3.8) is 0 Å². The van der Waals surface area contributed by atoms with Gasteiger partial charge in [0.1, 0.15) is 0 Å². The maximum Gasteiger partial charge on any atom is 0.312 e. The molecule has 0 N–H and O–H groups in total.